The zero-order chi connectivity index (χ0) is 31.4. The Balaban J connectivity index is 1.62. The molecule has 0 atom stereocenters. The summed E-state index contributed by atoms with van der Waals surface area (Å²) in [5.41, 5.74) is 1.50. The van der Waals surface area contributed by atoms with Crippen molar-refractivity contribution in [2.24, 2.45) is 5.92 Å². The summed E-state index contributed by atoms with van der Waals surface area (Å²) < 4.78 is 38.1. The van der Waals surface area contributed by atoms with Crippen LogP contribution in [0.1, 0.15) is 40.2 Å². The largest absolute Gasteiger partial charge is 0.492 e. The van der Waals surface area contributed by atoms with Crippen LogP contribution in [0.15, 0.2) is 54.9 Å². The third-order valence-corrected chi connectivity index (χ3v) is 6.85. The van der Waals surface area contributed by atoms with E-state index in [4.69, 9.17) is 9.47 Å². The minimum Gasteiger partial charge on any atom is -0.492 e. The number of fused-ring (bicyclic) bond motifs is 1. The Morgan fingerprint density at radius 3 is 2.28 bits per heavy atom. The van der Waals surface area contributed by atoms with Gasteiger partial charge < -0.3 is 25.4 Å². The molecule has 0 saturated heterocycles. The van der Waals surface area contributed by atoms with Crippen LogP contribution >= 0.6 is 0 Å². The van der Waals surface area contributed by atoms with Gasteiger partial charge in [0.1, 0.15) is 12.1 Å². The van der Waals surface area contributed by atoms with E-state index in [0.29, 0.717) is 35.5 Å². The number of methoxy groups -OCH3 is 1. The first-order valence-electron chi connectivity index (χ1n) is 13.6. The van der Waals surface area contributed by atoms with E-state index in [0.717, 1.165) is 22.6 Å². The van der Waals surface area contributed by atoms with Crippen LogP contribution < -0.4 is 30.1 Å². The quantitative estimate of drug-likeness (QED) is 0.165. The van der Waals surface area contributed by atoms with Gasteiger partial charge in [-0.1, -0.05) is 58.9 Å². The number of hydrogen-bond acceptors (Lipinski definition) is 9. The maximum absolute atomic E-state index is 13.3. The fraction of sp³-hybridized carbons (Fsp3) is 0.333. The van der Waals surface area contributed by atoms with E-state index < -0.39 is 16.1 Å². The van der Waals surface area contributed by atoms with Crippen molar-refractivity contribution in [3.63, 3.8) is 0 Å². The molecule has 0 bridgehead atoms. The number of urea groups is 1. The highest BCUT2D eigenvalue weighted by Crippen LogP contribution is 2.39. The van der Waals surface area contributed by atoms with Crippen molar-refractivity contribution >= 4 is 49.8 Å². The molecule has 1 heterocycles. The molecule has 0 unspecified atom stereocenters. The molecule has 0 saturated carbocycles. The van der Waals surface area contributed by atoms with E-state index in [1.807, 2.05) is 45.0 Å². The molecule has 12 nitrogen and oxygen atoms in total. The number of aromatic nitrogens is 3. The van der Waals surface area contributed by atoms with Gasteiger partial charge in [0.15, 0.2) is 5.75 Å². The zero-order valence-electron chi connectivity index (χ0n) is 25.3. The van der Waals surface area contributed by atoms with Crippen LogP contribution in [0, 0.1) is 5.92 Å². The number of rotatable bonds is 10. The smallest absolute Gasteiger partial charge is 0.326 e. The Hall–Kier alpha value is -4.65. The minimum absolute atomic E-state index is 0.134. The summed E-state index contributed by atoms with van der Waals surface area (Å²) in [7, 11) is -2.20. The number of amides is 2. The van der Waals surface area contributed by atoms with Gasteiger partial charge in [-0.2, -0.15) is 9.97 Å². The lowest BCUT2D eigenvalue weighted by Crippen LogP contribution is -2.22. The molecule has 0 aliphatic rings. The number of benzene rings is 3. The molecule has 43 heavy (non-hydrogen) atoms. The average molecular weight is 608 g/mol. The molecule has 0 fully saturated rings. The van der Waals surface area contributed by atoms with Crippen LogP contribution in [0.25, 0.3) is 10.8 Å². The Labute approximate surface area is 251 Å². The number of hydrogen-bond donors (Lipinski definition) is 4. The van der Waals surface area contributed by atoms with Crippen molar-refractivity contribution < 1.29 is 22.7 Å². The zero-order valence-corrected chi connectivity index (χ0v) is 26.1. The number of nitrogens with zero attached hydrogens (tertiary/aromatic N) is 3. The van der Waals surface area contributed by atoms with Crippen LogP contribution in [0.5, 0.6) is 17.5 Å². The summed E-state index contributed by atoms with van der Waals surface area (Å²) in [4.78, 5) is 25.9. The third kappa shape index (κ3) is 8.22. The number of anilines is 4. The molecular weight excluding hydrogens is 570 g/mol. The molecule has 13 heteroatoms. The second-order valence-electron chi connectivity index (χ2n) is 11.4. The Morgan fingerprint density at radius 1 is 0.953 bits per heavy atom. The van der Waals surface area contributed by atoms with Crippen LogP contribution in [0.4, 0.5) is 27.8 Å². The summed E-state index contributed by atoms with van der Waals surface area (Å²) in [5, 5.41) is 10.3. The molecule has 4 N–H and O–H groups in total. The van der Waals surface area contributed by atoms with Crippen molar-refractivity contribution in [1.82, 2.24) is 15.0 Å². The van der Waals surface area contributed by atoms with Crippen LogP contribution in [0.3, 0.4) is 0 Å². The first-order valence-corrected chi connectivity index (χ1v) is 15.5. The lowest BCUT2D eigenvalue weighted by molar-refractivity contribution is 0.262. The SMILES string of the molecule is COc1c(NC(=O)Nc2ccc(Oc3ncnc(NCC(C)C)n3)c3ccccc23)cc(C(C)(C)C)cc1NS(C)(=O)=O. The summed E-state index contributed by atoms with van der Waals surface area (Å²) in [6.45, 7) is 10.8. The first kappa shape index (κ1) is 31.3. The normalized spacial score (nSPS) is 11.7. The van der Waals surface area contributed by atoms with E-state index >= 15 is 0 Å². The van der Waals surface area contributed by atoms with E-state index in [1.165, 1.54) is 13.4 Å². The molecule has 0 aliphatic heterocycles. The summed E-state index contributed by atoms with van der Waals surface area (Å²) in [5.74, 6) is 1.51. The predicted octanol–water partition coefficient (Wildman–Crippen LogP) is 6.21. The second-order valence-corrected chi connectivity index (χ2v) is 13.2. The van der Waals surface area contributed by atoms with Gasteiger partial charge in [0, 0.05) is 17.3 Å². The van der Waals surface area contributed by atoms with Gasteiger partial charge >= 0.3 is 12.0 Å². The van der Waals surface area contributed by atoms with Gasteiger partial charge in [-0.3, -0.25) is 4.72 Å². The molecule has 4 aromatic rings. The Kier molecular flexibility index (Phi) is 9.24. The van der Waals surface area contributed by atoms with Crippen LogP contribution in [0.2, 0.25) is 0 Å². The average Bonchev–Trinajstić information content (AvgIpc) is 2.92. The highest BCUT2D eigenvalue weighted by Gasteiger charge is 2.22. The third-order valence-electron chi connectivity index (χ3n) is 6.25. The van der Waals surface area contributed by atoms with E-state index in [1.54, 1.807) is 24.3 Å². The predicted molar refractivity (Wildman–Crippen MR) is 170 cm³/mol. The van der Waals surface area contributed by atoms with Crippen molar-refractivity contribution in [3.05, 3.63) is 60.4 Å². The summed E-state index contributed by atoms with van der Waals surface area (Å²) >= 11 is 0. The van der Waals surface area contributed by atoms with Crippen molar-refractivity contribution in [1.29, 1.82) is 0 Å². The minimum atomic E-state index is -3.61. The van der Waals surface area contributed by atoms with Gasteiger partial charge in [-0.15, -0.1) is 0 Å². The van der Waals surface area contributed by atoms with Crippen molar-refractivity contribution in [3.8, 4) is 17.5 Å². The molecule has 3 aromatic carbocycles. The molecule has 0 spiro atoms. The maximum Gasteiger partial charge on any atom is 0.326 e. The van der Waals surface area contributed by atoms with Gasteiger partial charge in [0.05, 0.1) is 30.4 Å². The fourth-order valence-electron chi connectivity index (χ4n) is 4.20. The molecule has 0 aliphatic carbocycles. The number of carbonyl (C=O) groups is 1. The van der Waals surface area contributed by atoms with E-state index in [9.17, 15) is 13.2 Å². The highest BCUT2D eigenvalue weighted by molar-refractivity contribution is 7.92. The number of nitrogens with one attached hydrogen (secondary N) is 4. The molecular formula is C30H37N7O5S. The summed E-state index contributed by atoms with van der Waals surface area (Å²) in [6.07, 6.45) is 2.44. The van der Waals surface area contributed by atoms with Gasteiger partial charge in [0.25, 0.3) is 0 Å². The van der Waals surface area contributed by atoms with E-state index in [2.05, 4.69) is 49.5 Å². The highest BCUT2D eigenvalue weighted by atomic mass is 32.2. The molecule has 0 radical (unpaired) electrons. The molecule has 2 amide bonds. The topological polar surface area (TPSA) is 156 Å². The Morgan fingerprint density at radius 2 is 1.63 bits per heavy atom. The fourth-order valence-corrected chi connectivity index (χ4v) is 4.76. The van der Waals surface area contributed by atoms with Crippen LogP contribution in [-0.4, -0.2) is 49.3 Å². The summed E-state index contributed by atoms with van der Waals surface area (Å²) in [6, 6.07) is 13.9. The number of ether oxygens (including phenoxy) is 2. The lowest BCUT2D eigenvalue weighted by Gasteiger charge is -2.24. The standard InChI is InChI=1S/C30H37N7O5S/c1-18(2)16-31-27-32-17-33-29(36-27)42-25-13-12-22(20-10-8-9-11-21(20)25)34-28(38)35-23-14-19(30(3,4)5)15-24(26(23)41-6)37-43(7,39)40/h8-15,17-18,37H,16H2,1-7H3,(H2,34,35,38)(H,31,32,33,36). The lowest BCUT2D eigenvalue weighted by atomic mass is 9.86. The Bertz CT molecular complexity index is 1740. The number of sulfonamides is 1. The van der Waals surface area contributed by atoms with Gasteiger partial charge in [-0.25, -0.2) is 18.2 Å². The molecule has 228 valence electrons. The maximum atomic E-state index is 13.3. The molecule has 1 aromatic heterocycles. The van der Waals surface area contributed by atoms with Crippen LogP contribution in [-0.2, 0) is 15.4 Å². The second kappa shape index (κ2) is 12.7. The van der Waals surface area contributed by atoms with Gasteiger partial charge in [-0.05, 0) is 41.2 Å². The van der Waals surface area contributed by atoms with E-state index in [-0.39, 0.29) is 22.9 Å². The first-order chi connectivity index (χ1) is 20.2. The van der Waals surface area contributed by atoms with Crippen molar-refractivity contribution in [2.75, 3.05) is 40.6 Å². The van der Waals surface area contributed by atoms with Gasteiger partial charge in [0.2, 0.25) is 16.0 Å². The molecule has 4 rings (SSSR count). The number of carbonyl (C=O) groups excluding carboxylic acids is 1. The van der Waals surface area contributed by atoms with Crippen molar-refractivity contribution in [2.45, 2.75) is 40.0 Å². The monoisotopic (exact) mass is 607 g/mol.